The van der Waals surface area contributed by atoms with E-state index in [0.29, 0.717) is 21.0 Å². The van der Waals surface area contributed by atoms with Crippen molar-refractivity contribution in [1.29, 1.82) is 0 Å². The zero-order valence-electron chi connectivity index (χ0n) is 20.5. The maximum absolute atomic E-state index is 12.6. The Morgan fingerprint density at radius 2 is 1.64 bits per heavy atom. The van der Waals surface area contributed by atoms with Crippen molar-refractivity contribution in [3.63, 3.8) is 0 Å². The molecule has 1 saturated heterocycles. The first kappa shape index (κ1) is 26.0. The van der Waals surface area contributed by atoms with E-state index in [0.717, 1.165) is 21.8 Å². The molecule has 2 unspecified atom stereocenters. The summed E-state index contributed by atoms with van der Waals surface area (Å²) in [7, 11) is 0. The third-order valence-corrected chi connectivity index (χ3v) is 8.17. The second-order valence-electron chi connectivity index (χ2n) is 9.80. The predicted octanol–water partition coefficient (Wildman–Crippen LogP) is 3.81. The number of hydrazone groups is 1. The van der Waals surface area contributed by atoms with Crippen LogP contribution < -0.4 is 5.43 Å². The molecule has 0 saturated carbocycles. The molecule has 0 aliphatic carbocycles. The monoisotopic (exact) mass is 527 g/mol. The van der Waals surface area contributed by atoms with Gasteiger partial charge in [0.25, 0.3) is 11.8 Å². The summed E-state index contributed by atoms with van der Waals surface area (Å²) >= 11 is 2.41. The van der Waals surface area contributed by atoms with Gasteiger partial charge in [0, 0.05) is 18.5 Å². The minimum absolute atomic E-state index is 0.0401. The number of likely N-dealkylation sites (tertiary alicyclic amines) is 1. The molecule has 1 aliphatic heterocycles. The second kappa shape index (κ2) is 10.1. The second-order valence-corrected chi connectivity index (χ2v) is 11.8. The molecule has 0 spiro atoms. The minimum atomic E-state index is -0.967. The van der Waals surface area contributed by atoms with Gasteiger partial charge in [-0.2, -0.15) is 5.10 Å². The number of hydrogen-bond acceptors (Lipinski definition) is 8. The lowest BCUT2D eigenvalue weighted by molar-refractivity contribution is 0.0572. The van der Waals surface area contributed by atoms with Crippen molar-refractivity contribution in [2.75, 3.05) is 13.1 Å². The molecule has 1 aliphatic rings. The van der Waals surface area contributed by atoms with Crippen molar-refractivity contribution in [2.24, 2.45) is 5.10 Å². The van der Waals surface area contributed by atoms with Crippen molar-refractivity contribution < 1.29 is 24.9 Å². The van der Waals surface area contributed by atoms with Gasteiger partial charge in [0.05, 0.1) is 38.1 Å². The molecule has 3 heterocycles. The molecule has 3 aromatic rings. The lowest BCUT2D eigenvalue weighted by Crippen LogP contribution is -2.29. The molecule has 1 aromatic carbocycles. The number of aromatic hydroxyl groups is 1. The molecule has 0 bridgehead atoms. The summed E-state index contributed by atoms with van der Waals surface area (Å²) in [5, 5.41) is 36.1. The molecule has 8 nitrogen and oxygen atoms in total. The first-order chi connectivity index (χ1) is 17.0. The minimum Gasteiger partial charge on any atom is -0.506 e. The average molecular weight is 528 g/mol. The van der Waals surface area contributed by atoms with E-state index in [2.05, 4.69) is 43.4 Å². The normalized spacial score (nSPS) is 18.5. The van der Waals surface area contributed by atoms with E-state index >= 15 is 0 Å². The molecular weight excluding hydrogens is 498 g/mol. The van der Waals surface area contributed by atoms with E-state index in [4.69, 9.17) is 0 Å². The Balaban J connectivity index is 1.43. The van der Waals surface area contributed by atoms with Crippen LogP contribution in [0, 0.1) is 0 Å². The summed E-state index contributed by atoms with van der Waals surface area (Å²) in [6.07, 6.45) is -1.93. The number of aliphatic hydroxyl groups is 2. The van der Waals surface area contributed by atoms with Crippen LogP contribution in [-0.2, 0) is 5.41 Å². The van der Waals surface area contributed by atoms with Gasteiger partial charge < -0.3 is 20.2 Å². The van der Waals surface area contributed by atoms with Gasteiger partial charge in [-0.15, -0.1) is 22.7 Å². The van der Waals surface area contributed by atoms with Crippen LogP contribution in [0.3, 0.4) is 0 Å². The van der Waals surface area contributed by atoms with Crippen LogP contribution in [-0.4, -0.2) is 63.0 Å². The highest BCUT2D eigenvalue weighted by Crippen LogP contribution is 2.39. The summed E-state index contributed by atoms with van der Waals surface area (Å²) in [6.45, 7) is 8.24. The average Bonchev–Trinajstić information content (AvgIpc) is 3.55. The van der Waals surface area contributed by atoms with Gasteiger partial charge in [-0.25, -0.2) is 5.43 Å². The number of benzene rings is 1. The molecule has 4 rings (SSSR count). The maximum atomic E-state index is 12.6. The molecule has 1 fully saturated rings. The molecule has 2 aromatic heterocycles. The third-order valence-electron chi connectivity index (χ3n) is 6.08. The standard InChI is InChI=1S/C26H29N3O5S2/c1-14(17-13-35-23(22(17)32)15-5-7-16(8-6-15)26(2,3)4)27-28-24(33)20-9-10-21(36-20)25(34)29-11-18(30)19(31)12-29/h5-10,13,18-19,30-32H,11-12H2,1-4H3,(H,28,33). The molecule has 2 amide bonds. The summed E-state index contributed by atoms with van der Waals surface area (Å²) in [5.41, 5.74) is 5.61. The number of hydrogen-bond donors (Lipinski definition) is 4. The first-order valence-electron chi connectivity index (χ1n) is 11.5. The van der Waals surface area contributed by atoms with Crippen molar-refractivity contribution in [2.45, 2.75) is 45.3 Å². The molecule has 0 radical (unpaired) electrons. The van der Waals surface area contributed by atoms with Crippen LogP contribution >= 0.6 is 22.7 Å². The van der Waals surface area contributed by atoms with Crippen molar-refractivity contribution in [3.8, 4) is 16.2 Å². The third kappa shape index (κ3) is 5.36. The van der Waals surface area contributed by atoms with Crippen LogP contribution in [0.4, 0.5) is 0 Å². The Morgan fingerprint density at radius 3 is 2.25 bits per heavy atom. The number of amides is 2. The van der Waals surface area contributed by atoms with E-state index in [1.807, 2.05) is 12.1 Å². The molecular formula is C26H29N3O5S2. The van der Waals surface area contributed by atoms with Gasteiger partial charge in [0.15, 0.2) is 0 Å². The van der Waals surface area contributed by atoms with Crippen LogP contribution in [0.25, 0.3) is 10.4 Å². The number of aliphatic hydroxyl groups excluding tert-OH is 2. The number of carbonyl (C=O) groups excluding carboxylic acids is 2. The van der Waals surface area contributed by atoms with Crippen molar-refractivity contribution >= 4 is 40.2 Å². The number of rotatable bonds is 5. The Morgan fingerprint density at radius 1 is 1.03 bits per heavy atom. The van der Waals surface area contributed by atoms with Gasteiger partial charge >= 0.3 is 0 Å². The zero-order valence-corrected chi connectivity index (χ0v) is 22.1. The van der Waals surface area contributed by atoms with E-state index in [9.17, 15) is 24.9 Å². The smallest absolute Gasteiger partial charge is 0.281 e. The first-order valence-corrected chi connectivity index (χ1v) is 13.2. The molecule has 36 heavy (non-hydrogen) atoms. The maximum Gasteiger partial charge on any atom is 0.281 e. The molecule has 2 atom stereocenters. The number of carbonyl (C=O) groups is 2. The van der Waals surface area contributed by atoms with Crippen LogP contribution in [0.1, 0.15) is 58.2 Å². The number of β-amino-alcohol motifs (C(OH)–C–C–N with tert-alkyl or cyclic N) is 2. The fourth-order valence-electron chi connectivity index (χ4n) is 3.85. The van der Waals surface area contributed by atoms with Gasteiger partial charge in [0.1, 0.15) is 5.75 Å². The number of thiophene rings is 2. The van der Waals surface area contributed by atoms with Gasteiger partial charge in [0.2, 0.25) is 0 Å². The van der Waals surface area contributed by atoms with Gasteiger partial charge in [-0.05, 0) is 35.6 Å². The fraction of sp³-hybridized carbons (Fsp3) is 0.346. The quantitative estimate of drug-likeness (QED) is 0.297. The highest BCUT2D eigenvalue weighted by atomic mass is 32.1. The Bertz CT molecular complexity index is 1290. The highest BCUT2D eigenvalue weighted by molar-refractivity contribution is 7.16. The Labute approximate surface area is 217 Å². The summed E-state index contributed by atoms with van der Waals surface area (Å²) in [5.74, 6) is -0.716. The number of nitrogens with one attached hydrogen (secondary N) is 1. The molecule has 10 heteroatoms. The van der Waals surface area contributed by atoms with Crippen molar-refractivity contribution in [3.05, 3.63) is 62.7 Å². The largest absolute Gasteiger partial charge is 0.506 e. The van der Waals surface area contributed by atoms with Crippen molar-refractivity contribution in [1.82, 2.24) is 10.3 Å². The van der Waals surface area contributed by atoms with Crippen LogP contribution in [0.15, 0.2) is 46.9 Å². The van der Waals surface area contributed by atoms with Crippen LogP contribution in [0.5, 0.6) is 5.75 Å². The summed E-state index contributed by atoms with van der Waals surface area (Å²) < 4.78 is 0. The van der Waals surface area contributed by atoms with E-state index in [-0.39, 0.29) is 30.2 Å². The zero-order chi connectivity index (χ0) is 26.2. The van der Waals surface area contributed by atoms with E-state index in [1.54, 1.807) is 12.3 Å². The fourth-order valence-corrected chi connectivity index (χ4v) is 5.73. The Hall–Kier alpha value is -3.05. The molecule has 4 N–H and O–H groups in total. The van der Waals surface area contributed by atoms with Gasteiger partial charge in [-0.1, -0.05) is 45.0 Å². The lowest BCUT2D eigenvalue weighted by atomic mass is 9.86. The van der Waals surface area contributed by atoms with E-state index in [1.165, 1.54) is 33.9 Å². The summed E-state index contributed by atoms with van der Waals surface area (Å²) in [6, 6.07) is 11.2. The SMILES string of the molecule is CC(=NNC(=O)c1ccc(C(=O)N2CC(O)C(O)C2)s1)c1csc(-c2ccc(C(C)(C)C)cc2)c1O. The van der Waals surface area contributed by atoms with Gasteiger partial charge in [-0.3, -0.25) is 9.59 Å². The Kier molecular flexibility index (Phi) is 7.33. The molecule has 190 valence electrons. The number of nitrogens with zero attached hydrogens (tertiary/aromatic N) is 2. The lowest BCUT2D eigenvalue weighted by Gasteiger charge is -2.19. The van der Waals surface area contributed by atoms with Crippen LogP contribution in [0.2, 0.25) is 0 Å². The highest BCUT2D eigenvalue weighted by Gasteiger charge is 2.33. The predicted molar refractivity (Wildman–Crippen MR) is 142 cm³/mol. The van der Waals surface area contributed by atoms with E-state index < -0.39 is 18.1 Å². The summed E-state index contributed by atoms with van der Waals surface area (Å²) in [4.78, 5) is 27.9. The topological polar surface area (TPSA) is 122 Å².